The average Bonchev–Trinajstić information content (AvgIpc) is 2.22. The molecule has 0 aromatic heterocycles. The molecule has 1 atom stereocenters. The molecule has 0 aliphatic carbocycles. The molecule has 0 bridgehead atoms. The Morgan fingerprint density at radius 1 is 1.44 bits per heavy atom. The molecule has 16 heavy (non-hydrogen) atoms. The van der Waals surface area contributed by atoms with Crippen LogP contribution in [0.3, 0.4) is 0 Å². The van der Waals surface area contributed by atoms with Gasteiger partial charge < -0.3 is 5.73 Å². The summed E-state index contributed by atoms with van der Waals surface area (Å²) in [5, 5.41) is 1.32. The van der Waals surface area contributed by atoms with E-state index in [1.807, 2.05) is 37.1 Å². The quantitative estimate of drug-likeness (QED) is 0.857. The maximum absolute atomic E-state index is 6.08. The van der Waals surface area contributed by atoms with Crippen molar-refractivity contribution in [3.8, 4) is 0 Å². The van der Waals surface area contributed by atoms with Crippen molar-refractivity contribution in [1.29, 1.82) is 0 Å². The van der Waals surface area contributed by atoms with Crippen LogP contribution in [0.15, 0.2) is 18.2 Å². The van der Waals surface area contributed by atoms with Crippen LogP contribution < -0.4 is 5.73 Å². The molecule has 0 fully saturated rings. The predicted molar refractivity (Wildman–Crippen MR) is 74.2 cm³/mol. The summed E-state index contributed by atoms with van der Waals surface area (Å²) in [5.74, 6) is 0. The standard InChI is InChI=1S/C11H14Cl2N2S/c1-7(11(14)16)15(2)6-8-9(12)4-3-5-10(8)13/h3-5,7H,6H2,1-2H3,(H2,14,16). The minimum Gasteiger partial charge on any atom is -0.392 e. The fourth-order valence-corrected chi connectivity index (χ4v) is 1.98. The fraction of sp³-hybridized carbons (Fsp3) is 0.364. The number of hydrogen-bond donors (Lipinski definition) is 1. The fourth-order valence-electron chi connectivity index (χ4n) is 1.29. The summed E-state index contributed by atoms with van der Waals surface area (Å²) in [6.45, 7) is 2.57. The molecule has 0 radical (unpaired) electrons. The molecule has 1 rings (SSSR count). The number of thiocarbonyl (C=S) groups is 1. The number of halogens is 2. The highest BCUT2D eigenvalue weighted by molar-refractivity contribution is 7.80. The topological polar surface area (TPSA) is 29.3 Å². The molecule has 0 spiro atoms. The van der Waals surface area contributed by atoms with Crippen LogP contribution in [0.1, 0.15) is 12.5 Å². The second-order valence-electron chi connectivity index (χ2n) is 3.69. The Kier molecular flexibility index (Phi) is 4.99. The molecule has 2 nitrogen and oxygen atoms in total. The first-order valence-corrected chi connectivity index (χ1v) is 6.02. The number of nitrogens with zero attached hydrogens (tertiary/aromatic N) is 1. The van der Waals surface area contributed by atoms with Crippen molar-refractivity contribution in [2.75, 3.05) is 7.05 Å². The third-order valence-corrected chi connectivity index (χ3v) is 3.59. The summed E-state index contributed by atoms with van der Waals surface area (Å²) in [6.07, 6.45) is 0. The lowest BCUT2D eigenvalue weighted by Gasteiger charge is -2.24. The minimum atomic E-state index is 0.0161. The van der Waals surface area contributed by atoms with Crippen molar-refractivity contribution in [2.45, 2.75) is 19.5 Å². The second-order valence-corrected chi connectivity index (χ2v) is 4.98. The Morgan fingerprint density at radius 3 is 2.38 bits per heavy atom. The van der Waals surface area contributed by atoms with Gasteiger partial charge in [-0.15, -0.1) is 0 Å². The average molecular weight is 277 g/mol. The molecule has 0 aliphatic heterocycles. The van der Waals surface area contributed by atoms with E-state index in [9.17, 15) is 0 Å². The summed E-state index contributed by atoms with van der Waals surface area (Å²) in [5.41, 5.74) is 6.49. The second kappa shape index (κ2) is 5.82. The highest BCUT2D eigenvalue weighted by Crippen LogP contribution is 2.25. The van der Waals surface area contributed by atoms with Crippen molar-refractivity contribution >= 4 is 40.4 Å². The van der Waals surface area contributed by atoms with Crippen LogP contribution in [0.5, 0.6) is 0 Å². The van der Waals surface area contributed by atoms with Crippen LogP contribution in [0.25, 0.3) is 0 Å². The zero-order valence-corrected chi connectivity index (χ0v) is 11.5. The van der Waals surface area contributed by atoms with Gasteiger partial charge in [0, 0.05) is 22.2 Å². The monoisotopic (exact) mass is 276 g/mol. The van der Waals surface area contributed by atoms with Gasteiger partial charge in [0.1, 0.15) is 0 Å². The van der Waals surface area contributed by atoms with E-state index in [0.29, 0.717) is 21.6 Å². The summed E-state index contributed by atoms with van der Waals surface area (Å²) in [4.78, 5) is 2.47. The van der Waals surface area contributed by atoms with Crippen LogP contribution in [0.2, 0.25) is 10.0 Å². The molecule has 1 aromatic carbocycles. The molecule has 2 N–H and O–H groups in total. The highest BCUT2D eigenvalue weighted by Gasteiger charge is 2.15. The lowest BCUT2D eigenvalue weighted by Crippen LogP contribution is -2.38. The van der Waals surface area contributed by atoms with E-state index in [4.69, 9.17) is 41.2 Å². The summed E-state index contributed by atoms with van der Waals surface area (Å²) >= 11 is 17.1. The normalized spacial score (nSPS) is 12.8. The molecule has 0 saturated carbocycles. The van der Waals surface area contributed by atoms with Crippen molar-refractivity contribution in [1.82, 2.24) is 4.90 Å². The predicted octanol–water partition coefficient (Wildman–Crippen LogP) is 3.10. The molecule has 88 valence electrons. The smallest absolute Gasteiger partial charge is 0.0899 e. The minimum absolute atomic E-state index is 0.0161. The molecule has 5 heteroatoms. The van der Waals surface area contributed by atoms with Gasteiger partial charge in [-0.3, -0.25) is 4.90 Å². The van der Waals surface area contributed by atoms with Crippen LogP contribution in [-0.2, 0) is 6.54 Å². The van der Waals surface area contributed by atoms with Crippen LogP contribution in [0.4, 0.5) is 0 Å². The molecule has 0 saturated heterocycles. The number of benzene rings is 1. The first kappa shape index (κ1) is 13.7. The van der Waals surface area contributed by atoms with Gasteiger partial charge in [0.2, 0.25) is 0 Å². The van der Waals surface area contributed by atoms with E-state index in [1.54, 1.807) is 0 Å². The molecule has 1 unspecified atom stereocenters. The van der Waals surface area contributed by atoms with Gasteiger partial charge in [0.05, 0.1) is 11.0 Å². The van der Waals surface area contributed by atoms with Crippen molar-refractivity contribution in [3.05, 3.63) is 33.8 Å². The Hall–Kier alpha value is -0.350. The van der Waals surface area contributed by atoms with E-state index in [0.717, 1.165) is 5.56 Å². The maximum atomic E-state index is 6.08. The first-order valence-electron chi connectivity index (χ1n) is 4.86. The zero-order valence-electron chi connectivity index (χ0n) is 9.21. The first-order chi connectivity index (χ1) is 7.43. The molecular weight excluding hydrogens is 263 g/mol. The largest absolute Gasteiger partial charge is 0.392 e. The lowest BCUT2D eigenvalue weighted by atomic mass is 10.2. The number of likely N-dealkylation sites (N-methyl/N-ethyl adjacent to an activating group) is 1. The maximum Gasteiger partial charge on any atom is 0.0899 e. The van der Waals surface area contributed by atoms with Gasteiger partial charge in [0.15, 0.2) is 0 Å². The lowest BCUT2D eigenvalue weighted by molar-refractivity contribution is 0.304. The highest BCUT2D eigenvalue weighted by atomic mass is 35.5. The third kappa shape index (κ3) is 3.32. The Morgan fingerprint density at radius 2 is 1.94 bits per heavy atom. The zero-order chi connectivity index (χ0) is 12.3. The van der Waals surface area contributed by atoms with Gasteiger partial charge in [0.25, 0.3) is 0 Å². The van der Waals surface area contributed by atoms with Gasteiger partial charge in [-0.25, -0.2) is 0 Å². The van der Waals surface area contributed by atoms with Gasteiger partial charge >= 0.3 is 0 Å². The van der Waals surface area contributed by atoms with E-state index in [1.165, 1.54) is 0 Å². The summed E-state index contributed by atoms with van der Waals surface area (Å²) in [7, 11) is 1.93. The molecule has 0 amide bonds. The van der Waals surface area contributed by atoms with Gasteiger partial charge in [-0.05, 0) is 26.1 Å². The third-order valence-electron chi connectivity index (χ3n) is 2.54. The summed E-state index contributed by atoms with van der Waals surface area (Å²) < 4.78 is 0. The number of nitrogens with two attached hydrogens (primary N) is 1. The van der Waals surface area contributed by atoms with Crippen LogP contribution in [-0.4, -0.2) is 23.0 Å². The molecule has 1 aromatic rings. The Labute approximate surface area is 111 Å². The van der Waals surface area contributed by atoms with E-state index < -0.39 is 0 Å². The number of hydrogen-bond acceptors (Lipinski definition) is 2. The number of rotatable bonds is 4. The van der Waals surface area contributed by atoms with E-state index >= 15 is 0 Å². The van der Waals surface area contributed by atoms with Crippen molar-refractivity contribution in [3.63, 3.8) is 0 Å². The van der Waals surface area contributed by atoms with Crippen LogP contribution >= 0.6 is 35.4 Å². The van der Waals surface area contributed by atoms with Gasteiger partial charge in [-0.1, -0.05) is 41.5 Å². The molecular formula is C11H14Cl2N2S. The summed E-state index contributed by atoms with van der Waals surface area (Å²) in [6, 6.07) is 5.48. The van der Waals surface area contributed by atoms with E-state index in [2.05, 4.69) is 0 Å². The SMILES string of the molecule is CC(C(N)=S)N(C)Cc1c(Cl)cccc1Cl. The molecule has 0 aliphatic rings. The van der Waals surface area contributed by atoms with Crippen molar-refractivity contribution in [2.24, 2.45) is 5.73 Å². The van der Waals surface area contributed by atoms with Gasteiger partial charge in [-0.2, -0.15) is 0 Å². The molecule has 0 heterocycles. The Bertz CT molecular complexity index is 375. The Balaban J connectivity index is 2.84. The van der Waals surface area contributed by atoms with Crippen molar-refractivity contribution < 1.29 is 0 Å². The van der Waals surface area contributed by atoms with Crippen LogP contribution in [0, 0.1) is 0 Å². The van der Waals surface area contributed by atoms with E-state index in [-0.39, 0.29) is 6.04 Å².